The largest absolute Gasteiger partial charge is 0.398 e. The fourth-order valence-electron chi connectivity index (χ4n) is 6.74. The predicted octanol–water partition coefficient (Wildman–Crippen LogP) is 9.32. The van der Waals surface area contributed by atoms with Crippen LogP contribution in [-0.2, 0) is 5.41 Å². The Hall–Kier alpha value is -5.22. The van der Waals surface area contributed by atoms with Crippen LogP contribution in [0.5, 0.6) is 0 Å². The number of aromatic nitrogens is 3. The van der Waals surface area contributed by atoms with E-state index in [4.69, 9.17) is 15.7 Å². The summed E-state index contributed by atoms with van der Waals surface area (Å²) in [5.41, 5.74) is 15.7. The van der Waals surface area contributed by atoms with Crippen LogP contribution in [0.4, 0.5) is 5.69 Å². The molecule has 8 rings (SSSR count). The third-order valence-corrected chi connectivity index (χ3v) is 8.79. The first-order chi connectivity index (χ1) is 20.5. The van der Waals surface area contributed by atoms with Crippen LogP contribution in [0.15, 0.2) is 109 Å². The summed E-state index contributed by atoms with van der Waals surface area (Å²) in [5.74, 6) is 1.57. The number of benzene rings is 5. The molecule has 7 aromatic rings. The molecule has 0 spiro atoms. The molecule has 4 nitrogen and oxygen atoms in total. The Morgan fingerprint density at radius 1 is 0.738 bits per heavy atom. The van der Waals surface area contributed by atoms with E-state index in [0.29, 0.717) is 11.5 Å². The van der Waals surface area contributed by atoms with Crippen molar-refractivity contribution in [3.63, 3.8) is 0 Å². The zero-order chi connectivity index (χ0) is 28.6. The zero-order valence-electron chi connectivity index (χ0n) is 23.9. The van der Waals surface area contributed by atoms with Crippen LogP contribution in [0.1, 0.15) is 37.6 Å². The number of nitrogens with two attached hydrogens (primary N) is 1. The fraction of sp³-hybridized carbons (Fsp3) is 0.105. The van der Waals surface area contributed by atoms with Gasteiger partial charge in [0.25, 0.3) is 0 Å². The Morgan fingerprint density at radius 2 is 1.48 bits per heavy atom. The monoisotopic (exact) mass is 542 g/mol. The summed E-state index contributed by atoms with van der Waals surface area (Å²) in [7, 11) is 0. The van der Waals surface area contributed by atoms with E-state index in [2.05, 4.69) is 109 Å². The first-order valence-corrected chi connectivity index (χ1v) is 14.4. The molecule has 0 radical (unpaired) electrons. The molecule has 2 N–H and O–H groups in total. The van der Waals surface area contributed by atoms with Gasteiger partial charge in [-0.15, -0.1) is 0 Å². The number of para-hydroxylation sites is 1. The van der Waals surface area contributed by atoms with Crippen molar-refractivity contribution in [2.24, 2.45) is 0 Å². The summed E-state index contributed by atoms with van der Waals surface area (Å²) in [6.45, 7) is 6.53. The smallest absolute Gasteiger partial charge is 0.161 e. The van der Waals surface area contributed by atoms with E-state index in [1.165, 1.54) is 32.7 Å². The number of fused-ring (bicyclic) bond motifs is 7. The molecule has 0 saturated heterocycles. The number of nitrogen functional groups attached to an aromatic ring is 1. The van der Waals surface area contributed by atoms with Crippen molar-refractivity contribution in [1.82, 2.24) is 14.5 Å². The summed E-state index contributed by atoms with van der Waals surface area (Å²) in [4.78, 5) is 10.7. The van der Waals surface area contributed by atoms with Gasteiger partial charge < -0.3 is 5.73 Å². The second-order valence-corrected chi connectivity index (χ2v) is 11.7. The van der Waals surface area contributed by atoms with E-state index in [1.54, 1.807) is 0 Å². The lowest BCUT2D eigenvalue weighted by Gasteiger charge is -2.21. The molecule has 1 aliphatic rings. The van der Waals surface area contributed by atoms with Gasteiger partial charge >= 0.3 is 0 Å². The number of hydrogen-bond donors (Lipinski definition) is 1. The molecule has 0 unspecified atom stereocenters. The Labute approximate surface area is 244 Å². The maximum absolute atomic E-state index is 6.50. The highest BCUT2D eigenvalue weighted by atomic mass is 15.1. The fourth-order valence-corrected chi connectivity index (χ4v) is 6.74. The first-order valence-electron chi connectivity index (χ1n) is 14.4. The molecule has 202 valence electrons. The highest BCUT2D eigenvalue weighted by Gasteiger charge is 2.40. The van der Waals surface area contributed by atoms with Gasteiger partial charge in [0.2, 0.25) is 0 Å². The first kappa shape index (κ1) is 24.6. The SMILES string of the molecule is C/C=C\c1ccc(-c2nc(-n3c4ccccc4c4cc5ccccc5cc43)c3c(n2)C(C)(C)c2ccccc2-3)cc1N. The van der Waals surface area contributed by atoms with E-state index in [-0.39, 0.29) is 5.41 Å². The third kappa shape index (κ3) is 3.42. The van der Waals surface area contributed by atoms with E-state index >= 15 is 0 Å². The second-order valence-electron chi connectivity index (χ2n) is 11.7. The molecule has 1 aliphatic carbocycles. The van der Waals surface area contributed by atoms with Crippen molar-refractivity contribution >= 4 is 44.3 Å². The van der Waals surface area contributed by atoms with E-state index in [0.717, 1.165) is 39.2 Å². The van der Waals surface area contributed by atoms with Crippen molar-refractivity contribution in [2.75, 3.05) is 5.73 Å². The van der Waals surface area contributed by atoms with Crippen molar-refractivity contribution < 1.29 is 0 Å². The van der Waals surface area contributed by atoms with Gasteiger partial charge in [-0.1, -0.05) is 105 Å². The standard InChI is InChI=1S/C38H30N4/c1-4-11-23-18-19-26(21-31(23)39)36-40-35-34(28-15-7-9-16-30(28)38(35,2)3)37(41-36)42-32-17-10-8-14-27(32)29-20-24-12-5-6-13-25(24)22-33(29)42/h4-22H,39H2,1-3H3/b11-4-. The minimum Gasteiger partial charge on any atom is -0.398 e. The molecule has 5 aromatic carbocycles. The molecule has 0 bridgehead atoms. The normalized spacial score (nSPS) is 13.8. The lowest BCUT2D eigenvalue weighted by atomic mass is 9.85. The molecule has 42 heavy (non-hydrogen) atoms. The van der Waals surface area contributed by atoms with Gasteiger partial charge in [0.05, 0.1) is 16.7 Å². The Morgan fingerprint density at radius 3 is 2.29 bits per heavy atom. The highest BCUT2D eigenvalue weighted by molar-refractivity contribution is 6.14. The summed E-state index contributed by atoms with van der Waals surface area (Å²) in [6.07, 6.45) is 4.03. The average molecular weight is 543 g/mol. The van der Waals surface area contributed by atoms with Crippen LogP contribution in [-0.4, -0.2) is 14.5 Å². The Bertz CT molecular complexity index is 2250. The summed E-state index contributed by atoms with van der Waals surface area (Å²) in [5, 5.41) is 4.85. The van der Waals surface area contributed by atoms with Crippen LogP contribution in [0.25, 0.3) is 67.0 Å². The molecule has 0 saturated carbocycles. The average Bonchev–Trinajstić information content (AvgIpc) is 3.45. The van der Waals surface area contributed by atoms with Gasteiger partial charge in [-0.05, 0) is 58.7 Å². The highest BCUT2D eigenvalue weighted by Crippen LogP contribution is 2.51. The van der Waals surface area contributed by atoms with Crippen molar-refractivity contribution in [3.05, 3.63) is 126 Å². The van der Waals surface area contributed by atoms with Gasteiger partial charge in [-0.25, -0.2) is 9.97 Å². The van der Waals surface area contributed by atoms with Gasteiger partial charge in [-0.2, -0.15) is 0 Å². The van der Waals surface area contributed by atoms with Crippen LogP contribution >= 0.6 is 0 Å². The molecule has 0 fully saturated rings. The van der Waals surface area contributed by atoms with Gasteiger partial charge in [0.1, 0.15) is 5.82 Å². The number of allylic oxidation sites excluding steroid dienone is 1. The maximum atomic E-state index is 6.50. The minimum atomic E-state index is -0.291. The Kier molecular flexibility index (Phi) is 5.20. The third-order valence-electron chi connectivity index (χ3n) is 8.79. The van der Waals surface area contributed by atoms with Crippen LogP contribution in [0, 0.1) is 0 Å². The summed E-state index contributed by atoms with van der Waals surface area (Å²) >= 11 is 0. The zero-order valence-corrected chi connectivity index (χ0v) is 23.9. The number of hydrogen-bond acceptors (Lipinski definition) is 3. The van der Waals surface area contributed by atoms with E-state index < -0.39 is 0 Å². The van der Waals surface area contributed by atoms with Gasteiger partial charge in [0, 0.05) is 33.0 Å². The molecule has 2 aromatic heterocycles. The van der Waals surface area contributed by atoms with Crippen molar-refractivity contribution in [1.29, 1.82) is 0 Å². The molecular formula is C38H30N4. The number of rotatable bonds is 3. The van der Waals surface area contributed by atoms with Crippen LogP contribution in [0.3, 0.4) is 0 Å². The van der Waals surface area contributed by atoms with Crippen molar-refractivity contribution in [2.45, 2.75) is 26.2 Å². The molecule has 2 heterocycles. The molecule has 4 heteroatoms. The Balaban J connectivity index is 1.52. The molecule has 0 aliphatic heterocycles. The maximum Gasteiger partial charge on any atom is 0.161 e. The lowest BCUT2D eigenvalue weighted by Crippen LogP contribution is -2.18. The number of nitrogens with zero attached hydrogens (tertiary/aromatic N) is 3. The van der Waals surface area contributed by atoms with E-state index in [9.17, 15) is 0 Å². The summed E-state index contributed by atoms with van der Waals surface area (Å²) in [6, 6.07) is 36.6. The minimum absolute atomic E-state index is 0.291. The quantitative estimate of drug-likeness (QED) is 0.226. The lowest BCUT2D eigenvalue weighted by molar-refractivity contribution is 0.635. The van der Waals surface area contributed by atoms with Crippen LogP contribution in [0.2, 0.25) is 0 Å². The molecule has 0 amide bonds. The molecular weight excluding hydrogens is 512 g/mol. The number of anilines is 1. The summed E-state index contributed by atoms with van der Waals surface area (Å²) < 4.78 is 2.34. The topological polar surface area (TPSA) is 56.7 Å². The van der Waals surface area contributed by atoms with Crippen molar-refractivity contribution in [3.8, 4) is 28.3 Å². The van der Waals surface area contributed by atoms with Crippen LogP contribution < -0.4 is 5.73 Å². The second kappa shape index (κ2) is 8.89. The van der Waals surface area contributed by atoms with E-state index in [1.807, 2.05) is 31.2 Å². The predicted molar refractivity (Wildman–Crippen MR) is 176 cm³/mol. The van der Waals surface area contributed by atoms with Gasteiger partial charge in [0.15, 0.2) is 5.82 Å². The molecule has 0 atom stereocenters. The van der Waals surface area contributed by atoms with Gasteiger partial charge in [-0.3, -0.25) is 4.57 Å².